The highest BCUT2D eigenvalue weighted by atomic mass is 14.1. The molecule has 0 saturated heterocycles. The van der Waals surface area contributed by atoms with Crippen LogP contribution in [0.1, 0.15) is 233 Å². The van der Waals surface area contributed by atoms with Crippen LogP contribution in [0.4, 0.5) is 0 Å². The van der Waals surface area contributed by atoms with Crippen LogP contribution in [-0.4, -0.2) is 0 Å². The lowest BCUT2D eigenvalue weighted by Crippen LogP contribution is -2.02. The van der Waals surface area contributed by atoms with E-state index in [-0.39, 0.29) is 0 Å². The van der Waals surface area contributed by atoms with Gasteiger partial charge in [-0.25, -0.2) is 0 Å². The van der Waals surface area contributed by atoms with Gasteiger partial charge in [0, 0.05) is 0 Å². The second-order valence-electron chi connectivity index (χ2n) is 12.9. The van der Waals surface area contributed by atoms with Crippen molar-refractivity contribution in [3.05, 3.63) is 6.42 Å². The van der Waals surface area contributed by atoms with Crippen molar-refractivity contribution in [1.82, 2.24) is 0 Å². The molecule has 0 nitrogen and oxygen atoms in total. The molecule has 0 spiro atoms. The maximum Gasteiger partial charge on any atom is -0.0355 e. The van der Waals surface area contributed by atoms with Crippen LogP contribution in [0.2, 0.25) is 0 Å². The van der Waals surface area contributed by atoms with Crippen LogP contribution in [0.25, 0.3) is 0 Å². The van der Waals surface area contributed by atoms with E-state index in [4.69, 9.17) is 0 Å². The lowest BCUT2D eigenvalue weighted by molar-refractivity contribution is 0.429. The third-order valence-corrected chi connectivity index (χ3v) is 8.91. The van der Waals surface area contributed by atoms with E-state index in [2.05, 4.69) is 27.2 Å². The highest BCUT2D eigenvalue weighted by Crippen LogP contribution is 2.24. The Bertz CT molecular complexity index is 365. The van der Waals surface area contributed by atoms with Crippen LogP contribution in [0.3, 0.4) is 0 Å². The molecule has 0 heterocycles. The first-order chi connectivity index (χ1) is 18.8. The summed E-state index contributed by atoms with van der Waals surface area (Å²) in [7, 11) is 0. The Labute approximate surface area is 244 Å². The lowest BCUT2D eigenvalue weighted by Gasteiger charge is -2.17. The van der Waals surface area contributed by atoms with Crippen LogP contribution < -0.4 is 0 Å². The summed E-state index contributed by atoms with van der Waals surface area (Å²) in [6, 6.07) is 0. The van der Waals surface area contributed by atoms with Crippen molar-refractivity contribution in [1.29, 1.82) is 0 Å². The van der Waals surface area contributed by atoms with Crippen molar-refractivity contribution in [2.75, 3.05) is 0 Å². The van der Waals surface area contributed by atoms with Gasteiger partial charge in [-0.15, -0.1) is 0 Å². The summed E-state index contributed by atoms with van der Waals surface area (Å²) in [4.78, 5) is 0. The Hall–Kier alpha value is 0. The minimum absolute atomic E-state index is 0.914. The molecule has 0 saturated carbocycles. The first-order valence-electron chi connectivity index (χ1n) is 18.7. The average molecular weight is 534 g/mol. The smallest absolute Gasteiger partial charge is 0.0355 e. The number of rotatable bonds is 34. The molecule has 0 atom stereocenters. The highest BCUT2D eigenvalue weighted by molar-refractivity contribution is 4.76. The van der Waals surface area contributed by atoms with Gasteiger partial charge < -0.3 is 0 Å². The van der Waals surface area contributed by atoms with Gasteiger partial charge in [0.15, 0.2) is 0 Å². The second-order valence-corrected chi connectivity index (χ2v) is 12.9. The quantitative estimate of drug-likeness (QED) is 0.0721. The molecule has 0 rings (SSSR count). The van der Waals surface area contributed by atoms with Gasteiger partial charge in [0.05, 0.1) is 0 Å². The minimum Gasteiger partial charge on any atom is -0.0654 e. The van der Waals surface area contributed by atoms with Crippen molar-refractivity contribution < 1.29 is 0 Å². The Balaban J connectivity index is 3.77. The molecule has 229 valence electrons. The molecule has 0 N–H and O–H groups in total. The molecule has 0 bridgehead atoms. The van der Waals surface area contributed by atoms with Gasteiger partial charge in [0.25, 0.3) is 0 Å². The van der Waals surface area contributed by atoms with Crippen molar-refractivity contribution in [2.45, 2.75) is 233 Å². The Morgan fingerprint density at radius 2 is 0.526 bits per heavy atom. The van der Waals surface area contributed by atoms with Crippen molar-refractivity contribution in [3.63, 3.8) is 0 Å². The van der Waals surface area contributed by atoms with Gasteiger partial charge >= 0.3 is 0 Å². The maximum atomic E-state index is 2.77. The number of hydrogen-bond donors (Lipinski definition) is 0. The molecule has 0 aromatic rings. The molecular formula is C38H77. The average Bonchev–Trinajstić information content (AvgIpc) is 2.93. The summed E-state index contributed by atoms with van der Waals surface area (Å²) >= 11 is 0. The molecular weight excluding hydrogens is 456 g/mol. The van der Waals surface area contributed by atoms with Crippen LogP contribution in [0, 0.1) is 12.3 Å². The standard InChI is InChI=1S/C38H77/c1-4-7-10-13-16-19-20-21-22-23-24-25-28-31-34-37-38(35-32-29-26-17-14-11-8-5-2)36-33-30-27-18-15-12-9-6-3/h37-38H,4-36H2,1-3H3. The second kappa shape index (κ2) is 35.0. The molecule has 0 unspecified atom stereocenters. The molecule has 0 fully saturated rings. The molecule has 0 aromatic heterocycles. The summed E-state index contributed by atoms with van der Waals surface area (Å²) in [5, 5.41) is 0. The molecule has 0 heteroatoms. The van der Waals surface area contributed by atoms with E-state index in [1.807, 2.05) is 0 Å². The van der Waals surface area contributed by atoms with E-state index in [0.29, 0.717) is 0 Å². The van der Waals surface area contributed by atoms with Crippen LogP contribution in [-0.2, 0) is 0 Å². The summed E-state index contributed by atoms with van der Waals surface area (Å²) in [5.74, 6) is 0.914. The van der Waals surface area contributed by atoms with E-state index >= 15 is 0 Å². The monoisotopic (exact) mass is 534 g/mol. The normalized spacial score (nSPS) is 11.7. The molecule has 0 amide bonds. The SMILES string of the molecule is CCCCCCCCCCCCCCCC[CH]C(CCCCCCCCCC)CCCCCCCCCC. The fraction of sp³-hybridized carbons (Fsp3) is 0.974. The maximum absolute atomic E-state index is 2.77. The largest absolute Gasteiger partial charge is 0.0654 e. The van der Waals surface area contributed by atoms with E-state index in [1.165, 1.54) is 212 Å². The third kappa shape index (κ3) is 32.2. The van der Waals surface area contributed by atoms with E-state index in [9.17, 15) is 0 Å². The number of hydrogen-bond acceptors (Lipinski definition) is 0. The zero-order valence-electron chi connectivity index (χ0n) is 27.5. The summed E-state index contributed by atoms with van der Waals surface area (Å²) in [6.07, 6.45) is 51.0. The summed E-state index contributed by atoms with van der Waals surface area (Å²) in [5.41, 5.74) is 0. The van der Waals surface area contributed by atoms with E-state index in [0.717, 1.165) is 5.92 Å². The van der Waals surface area contributed by atoms with Crippen LogP contribution in [0.15, 0.2) is 0 Å². The fourth-order valence-electron chi connectivity index (χ4n) is 6.15. The van der Waals surface area contributed by atoms with Crippen molar-refractivity contribution in [3.8, 4) is 0 Å². The molecule has 38 heavy (non-hydrogen) atoms. The Morgan fingerprint density at radius 1 is 0.289 bits per heavy atom. The molecule has 0 aliphatic carbocycles. The topological polar surface area (TPSA) is 0 Å². The van der Waals surface area contributed by atoms with Gasteiger partial charge in [-0.2, -0.15) is 0 Å². The Morgan fingerprint density at radius 3 is 0.816 bits per heavy atom. The number of unbranched alkanes of at least 4 members (excludes halogenated alkanes) is 28. The van der Waals surface area contributed by atoms with E-state index in [1.54, 1.807) is 0 Å². The fourth-order valence-corrected chi connectivity index (χ4v) is 6.15. The lowest BCUT2D eigenvalue weighted by atomic mass is 9.89. The van der Waals surface area contributed by atoms with Crippen molar-refractivity contribution >= 4 is 0 Å². The summed E-state index contributed by atoms with van der Waals surface area (Å²) in [6.45, 7) is 6.95. The first kappa shape index (κ1) is 38.0. The van der Waals surface area contributed by atoms with Gasteiger partial charge in [-0.05, 0) is 18.8 Å². The zero-order valence-corrected chi connectivity index (χ0v) is 27.5. The van der Waals surface area contributed by atoms with Gasteiger partial charge in [-0.1, -0.05) is 226 Å². The summed E-state index contributed by atoms with van der Waals surface area (Å²) < 4.78 is 0. The van der Waals surface area contributed by atoms with Gasteiger partial charge in [-0.3, -0.25) is 0 Å². The zero-order chi connectivity index (χ0) is 27.6. The van der Waals surface area contributed by atoms with Gasteiger partial charge in [0.1, 0.15) is 0 Å². The van der Waals surface area contributed by atoms with Crippen molar-refractivity contribution in [2.24, 2.45) is 5.92 Å². The first-order valence-corrected chi connectivity index (χ1v) is 18.7. The predicted octanol–water partition coefficient (Wildman–Crippen LogP) is 14.7. The Kier molecular flexibility index (Phi) is 35.0. The molecule has 0 aliphatic rings. The van der Waals surface area contributed by atoms with Crippen LogP contribution in [0.5, 0.6) is 0 Å². The molecule has 0 aliphatic heterocycles. The van der Waals surface area contributed by atoms with Gasteiger partial charge in [0.2, 0.25) is 0 Å². The van der Waals surface area contributed by atoms with Crippen LogP contribution >= 0.6 is 0 Å². The predicted molar refractivity (Wildman–Crippen MR) is 177 cm³/mol. The highest BCUT2D eigenvalue weighted by Gasteiger charge is 2.09. The molecule has 1 radical (unpaired) electrons. The molecule has 0 aromatic carbocycles. The van der Waals surface area contributed by atoms with E-state index < -0.39 is 0 Å². The third-order valence-electron chi connectivity index (χ3n) is 8.91. The minimum atomic E-state index is 0.914.